The molecule has 0 fully saturated rings. The summed E-state index contributed by atoms with van der Waals surface area (Å²) in [6, 6.07) is 150. The molecule has 0 radical (unpaired) electrons. The first-order valence-corrected chi connectivity index (χ1v) is 37.7. The van der Waals surface area contributed by atoms with E-state index in [0.717, 1.165) is 110 Å². The van der Waals surface area contributed by atoms with Crippen LogP contribution in [0, 0.1) is 0 Å². The van der Waals surface area contributed by atoms with E-state index in [2.05, 4.69) is 420 Å². The zero-order valence-corrected chi connectivity index (χ0v) is 61.1. The van der Waals surface area contributed by atoms with E-state index < -0.39 is 0 Å². The number of hydrogen-bond acceptors (Lipinski definition) is 4. The number of hydrogen-bond donors (Lipinski definition) is 1. The Labute approximate surface area is 642 Å². The van der Waals surface area contributed by atoms with Gasteiger partial charge in [0, 0.05) is 71.0 Å². The molecule has 4 nitrogen and oxygen atoms in total. The van der Waals surface area contributed by atoms with E-state index in [1.807, 2.05) is 30.3 Å². The molecule has 0 aliphatic carbocycles. The zero-order valence-electron chi connectivity index (χ0n) is 59.6. The molecule has 2 aromatic heterocycles. The predicted octanol–water partition coefficient (Wildman–Crippen LogP) is 30.5. The topological polar surface area (TPSA) is 41.6 Å². The van der Waals surface area contributed by atoms with Gasteiger partial charge in [-0.3, -0.25) is 0 Å². The van der Waals surface area contributed by atoms with Crippen molar-refractivity contribution in [3.63, 3.8) is 0 Å². The van der Waals surface area contributed by atoms with Crippen LogP contribution in [0.4, 0.5) is 28.4 Å². The fraction of sp³-hybridized carbons (Fsp3) is 0. The molecule has 0 amide bonds. The molecule has 0 aliphatic rings. The van der Waals surface area contributed by atoms with Crippen molar-refractivity contribution in [3.8, 4) is 89.0 Å². The van der Waals surface area contributed by atoms with Crippen molar-refractivity contribution in [1.29, 1.82) is 0 Å². The van der Waals surface area contributed by atoms with Crippen molar-refractivity contribution in [3.05, 3.63) is 429 Å². The van der Waals surface area contributed by atoms with Crippen LogP contribution in [-0.4, -0.2) is 0 Å². The van der Waals surface area contributed by atoms with Gasteiger partial charge in [-0.15, -0.1) is 0 Å². The molecule has 1 N–H and O–H groups in total. The van der Waals surface area contributed by atoms with Crippen LogP contribution in [-0.2, 0) is 0 Å². The van der Waals surface area contributed by atoms with Gasteiger partial charge in [-0.05, 0) is 173 Å². The van der Waals surface area contributed by atoms with Gasteiger partial charge in [0.1, 0.15) is 22.3 Å². The van der Waals surface area contributed by atoms with Crippen molar-refractivity contribution < 1.29 is 8.83 Å². The third-order valence-electron chi connectivity index (χ3n) is 20.5. The first kappa shape index (κ1) is 67.1. The van der Waals surface area contributed by atoms with Gasteiger partial charge >= 0.3 is 0 Å². The molecular weight excluding hydrogens is 1390 g/mol. The lowest BCUT2D eigenvalue weighted by Crippen LogP contribution is -2.11. The van der Waals surface area contributed by atoms with Gasteiger partial charge in [0.2, 0.25) is 0 Å². The van der Waals surface area contributed by atoms with Gasteiger partial charge in [-0.25, -0.2) is 0 Å². The lowest BCUT2D eigenvalue weighted by Gasteiger charge is -2.28. The summed E-state index contributed by atoms with van der Waals surface area (Å²) in [6.45, 7) is 0. The van der Waals surface area contributed by atoms with E-state index in [-0.39, 0.29) is 0 Å². The van der Waals surface area contributed by atoms with Crippen LogP contribution < -0.4 is 10.2 Å². The smallest absolute Gasteiger partial charge is 0.143 e. The molecule has 20 rings (SSSR count). The van der Waals surface area contributed by atoms with Gasteiger partial charge in [0.05, 0.1) is 5.69 Å². The quantitative estimate of drug-likeness (QED) is 0.125. The second kappa shape index (κ2) is 30.3. The number of halogens is 1. The molecule has 0 saturated carbocycles. The Balaban J connectivity index is 0.000000127. The van der Waals surface area contributed by atoms with E-state index in [4.69, 9.17) is 8.83 Å². The molecule has 0 saturated heterocycles. The molecule has 20 aromatic rings. The Bertz CT molecular complexity index is 6610. The summed E-state index contributed by atoms with van der Waals surface area (Å²) in [5, 5.41) is 13.2. The molecule has 0 spiro atoms. The number of fused-ring (bicyclic) bond motifs is 8. The fourth-order valence-corrected chi connectivity index (χ4v) is 15.4. The van der Waals surface area contributed by atoms with Crippen LogP contribution in [0.1, 0.15) is 0 Å². The van der Waals surface area contributed by atoms with Gasteiger partial charge < -0.3 is 19.1 Å². The molecule has 5 heteroatoms. The number of nitrogens with zero attached hydrogens (tertiary/aromatic N) is 1. The lowest BCUT2D eigenvalue weighted by molar-refractivity contribution is 0.669. The first-order valence-electron chi connectivity index (χ1n) is 36.9. The minimum absolute atomic E-state index is 0.910. The van der Waals surface area contributed by atoms with E-state index >= 15 is 0 Å². The van der Waals surface area contributed by atoms with Crippen molar-refractivity contribution in [2.24, 2.45) is 0 Å². The Hall–Kier alpha value is -13.8. The molecule has 516 valence electrons. The highest BCUT2D eigenvalue weighted by atomic mass is 79.9. The van der Waals surface area contributed by atoms with E-state index in [9.17, 15) is 0 Å². The number of para-hydroxylation sites is 6. The molecule has 0 unspecified atom stereocenters. The highest BCUT2D eigenvalue weighted by molar-refractivity contribution is 9.10. The van der Waals surface area contributed by atoms with Crippen LogP contribution in [0.15, 0.2) is 438 Å². The third kappa shape index (κ3) is 13.9. The summed E-state index contributed by atoms with van der Waals surface area (Å²) in [5.74, 6) is 0. The van der Waals surface area contributed by atoms with Crippen LogP contribution in [0.3, 0.4) is 0 Å². The number of benzene rings is 18. The summed E-state index contributed by atoms with van der Waals surface area (Å²) in [4.78, 5) is 2.37. The average molecular weight is 1460 g/mol. The summed E-state index contributed by atoms with van der Waals surface area (Å²) in [7, 11) is 0. The van der Waals surface area contributed by atoms with E-state index in [0.29, 0.717) is 0 Å². The highest BCUT2D eigenvalue weighted by Crippen LogP contribution is 2.45. The Morgan fingerprint density at radius 3 is 1.09 bits per heavy atom. The molecule has 18 aromatic carbocycles. The first-order chi connectivity index (χ1) is 54.0. The van der Waals surface area contributed by atoms with Crippen molar-refractivity contribution in [2.45, 2.75) is 0 Å². The molecular formula is C104H71BrN2O2. The highest BCUT2D eigenvalue weighted by Gasteiger charge is 2.20. The van der Waals surface area contributed by atoms with Crippen LogP contribution in [0.5, 0.6) is 0 Å². The van der Waals surface area contributed by atoms with Gasteiger partial charge in [0.15, 0.2) is 0 Å². The van der Waals surface area contributed by atoms with Gasteiger partial charge in [-0.1, -0.05) is 356 Å². The maximum Gasteiger partial charge on any atom is 0.143 e. The maximum atomic E-state index is 6.40. The summed E-state index contributed by atoms with van der Waals surface area (Å²) >= 11 is 3.50. The SMILES string of the molecule is Brc1ccc(-c2cccc(-c3cccc4c3oc3ccccc34)c2)cc1.c1ccc(-c2ccccc2N(c2ccc(-c3cccc(-c4cccc5c4oc4ccccc45)c3)cc2)c2ccc(-c3cccc4ccccc34)cc2)cc1.c1ccc(-c2ccccc2Nc2ccc(-c3cccc4ccccc34)cc2)cc1. The predicted molar refractivity (Wildman–Crippen MR) is 464 cm³/mol. The second-order valence-electron chi connectivity index (χ2n) is 27.2. The summed E-state index contributed by atoms with van der Waals surface area (Å²) < 4.78 is 13.7. The van der Waals surface area contributed by atoms with Crippen molar-refractivity contribution in [1.82, 2.24) is 0 Å². The number of rotatable bonds is 13. The monoisotopic (exact) mass is 1460 g/mol. The summed E-state index contributed by atoms with van der Waals surface area (Å²) in [5.41, 5.74) is 28.1. The standard InChI is InChI=1S/C52H35NO.C28H21N.C24H15BrO/c1-2-13-38(14-3-1)46-20-6-8-25-50(46)53(43-33-29-39(30-34-43)45-22-11-16-37-15-4-5-19-44(37)45)42-31-27-36(28-32-42)40-17-10-18-41(35-40)47-23-12-24-49-48-21-7-9-26-51(48)54-52(47)49;1-2-9-22(10-3-1)27-14-6-7-16-28(27)29-24-19-17-23(18-20-24)26-15-8-12-21-11-4-5-13-25(21)26;25-19-13-11-16(12-14-19)17-5-3-6-18(15-17)20-8-4-9-22-21-7-1-2-10-23(21)26-24(20)22/h1-35H;1-20,29H;1-15H. The molecule has 0 aliphatic heterocycles. The second-order valence-corrected chi connectivity index (χ2v) is 28.1. The van der Waals surface area contributed by atoms with Crippen LogP contribution in [0.2, 0.25) is 0 Å². The molecule has 109 heavy (non-hydrogen) atoms. The summed E-state index contributed by atoms with van der Waals surface area (Å²) in [6.07, 6.45) is 0. The zero-order chi connectivity index (χ0) is 72.8. The third-order valence-corrected chi connectivity index (χ3v) is 21.1. The minimum Gasteiger partial charge on any atom is -0.455 e. The molecule has 0 bridgehead atoms. The molecule has 0 atom stereocenters. The number of anilines is 5. The Morgan fingerprint density at radius 2 is 0.560 bits per heavy atom. The normalized spacial score (nSPS) is 11.2. The number of furan rings is 2. The maximum absolute atomic E-state index is 6.40. The molecule has 2 heterocycles. The Kier molecular flexibility index (Phi) is 18.7. The van der Waals surface area contributed by atoms with E-state index in [1.165, 1.54) is 77.2 Å². The van der Waals surface area contributed by atoms with Crippen LogP contribution in [0.25, 0.3) is 154 Å². The average Bonchev–Trinajstić information content (AvgIpc) is 1.71. The van der Waals surface area contributed by atoms with Gasteiger partial charge in [0.25, 0.3) is 0 Å². The van der Waals surface area contributed by atoms with Crippen LogP contribution >= 0.6 is 15.9 Å². The van der Waals surface area contributed by atoms with E-state index in [1.54, 1.807) is 0 Å². The van der Waals surface area contributed by atoms with Crippen molar-refractivity contribution >= 4 is 110 Å². The largest absolute Gasteiger partial charge is 0.455 e. The lowest BCUT2D eigenvalue weighted by atomic mass is 9.97. The Morgan fingerprint density at radius 1 is 0.220 bits per heavy atom. The van der Waals surface area contributed by atoms with Crippen molar-refractivity contribution in [2.75, 3.05) is 10.2 Å². The number of nitrogens with one attached hydrogen (secondary N) is 1. The fourth-order valence-electron chi connectivity index (χ4n) is 15.2. The van der Waals surface area contributed by atoms with Gasteiger partial charge in [-0.2, -0.15) is 0 Å². The minimum atomic E-state index is 0.910.